The highest BCUT2D eigenvalue weighted by molar-refractivity contribution is 7.13. The highest BCUT2D eigenvalue weighted by Gasteiger charge is 2.17. The molecule has 6 heteroatoms. The minimum Gasteiger partial charge on any atom is -0.394 e. The van der Waals surface area contributed by atoms with Crippen molar-refractivity contribution in [3.63, 3.8) is 0 Å². The summed E-state index contributed by atoms with van der Waals surface area (Å²) in [6.45, 7) is 0.465. The molecule has 3 rings (SSSR count). The molecule has 1 atom stereocenters. The van der Waals surface area contributed by atoms with Crippen molar-refractivity contribution in [2.24, 2.45) is 0 Å². The first-order valence-electron chi connectivity index (χ1n) is 8.08. The number of aromatic nitrogens is 1. The summed E-state index contributed by atoms with van der Waals surface area (Å²) in [5.41, 5.74) is 1.40. The topological polar surface area (TPSA) is 65.5 Å². The number of nitrogens with zero attached hydrogens (tertiary/aromatic N) is 2. The zero-order valence-electron chi connectivity index (χ0n) is 14.3. The lowest BCUT2D eigenvalue weighted by Crippen LogP contribution is -2.44. The van der Waals surface area contributed by atoms with Crippen LogP contribution in [0.5, 0.6) is 0 Å². The number of amides is 1. The van der Waals surface area contributed by atoms with Crippen molar-refractivity contribution in [3.8, 4) is 10.6 Å². The van der Waals surface area contributed by atoms with Gasteiger partial charge in [-0.15, -0.1) is 11.3 Å². The number of benzene rings is 2. The monoisotopic (exact) mass is 355 g/mol. The molecule has 0 saturated carbocycles. The van der Waals surface area contributed by atoms with Crippen LogP contribution in [-0.2, 0) is 0 Å². The quantitative estimate of drug-likeness (QED) is 0.713. The molecule has 0 saturated heterocycles. The Morgan fingerprint density at radius 1 is 1.24 bits per heavy atom. The number of aliphatic hydroxyl groups excluding tert-OH is 1. The summed E-state index contributed by atoms with van der Waals surface area (Å²) in [5.74, 6) is -0.261. The van der Waals surface area contributed by atoms with Gasteiger partial charge in [-0.25, -0.2) is 4.98 Å². The molecule has 3 aromatic rings. The van der Waals surface area contributed by atoms with Gasteiger partial charge in [0.25, 0.3) is 5.91 Å². The van der Waals surface area contributed by atoms with E-state index in [1.54, 1.807) is 5.38 Å². The predicted molar refractivity (Wildman–Crippen MR) is 102 cm³/mol. The van der Waals surface area contributed by atoms with Crippen molar-refractivity contribution >= 4 is 28.0 Å². The van der Waals surface area contributed by atoms with E-state index in [1.807, 2.05) is 43.3 Å². The second kappa shape index (κ2) is 7.74. The van der Waals surface area contributed by atoms with Crippen molar-refractivity contribution < 1.29 is 9.90 Å². The van der Waals surface area contributed by atoms with Gasteiger partial charge in [0.15, 0.2) is 0 Å². The Morgan fingerprint density at radius 2 is 2.00 bits per heavy atom. The van der Waals surface area contributed by atoms with Crippen molar-refractivity contribution in [2.75, 3.05) is 27.2 Å². The summed E-state index contributed by atoms with van der Waals surface area (Å²) < 4.78 is 0. The highest BCUT2D eigenvalue weighted by Crippen LogP contribution is 2.30. The molecule has 0 bridgehead atoms. The van der Waals surface area contributed by atoms with E-state index >= 15 is 0 Å². The number of carbonyl (C=O) groups excluding carboxylic acids is 1. The van der Waals surface area contributed by atoms with E-state index in [-0.39, 0.29) is 18.6 Å². The van der Waals surface area contributed by atoms with E-state index in [0.29, 0.717) is 12.2 Å². The molecule has 0 aliphatic carbocycles. The third kappa shape index (κ3) is 4.04. The Hall–Kier alpha value is -2.28. The molecule has 0 spiro atoms. The molecule has 25 heavy (non-hydrogen) atoms. The number of thiazole rings is 1. The van der Waals surface area contributed by atoms with Crippen LogP contribution in [0.2, 0.25) is 0 Å². The lowest BCUT2D eigenvalue weighted by Gasteiger charge is -2.19. The summed E-state index contributed by atoms with van der Waals surface area (Å²) in [6.07, 6.45) is 0. The van der Waals surface area contributed by atoms with Crippen molar-refractivity contribution in [3.05, 3.63) is 53.5 Å². The van der Waals surface area contributed by atoms with E-state index in [0.717, 1.165) is 21.3 Å². The summed E-state index contributed by atoms with van der Waals surface area (Å²) >= 11 is 1.45. The van der Waals surface area contributed by atoms with Gasteiger partial charge in [0.2, 0.25) is 0 Å². The predicted octanol–water partition coefficient (Wildman–Crippen LogP) is 2.62. The highest BCUT2D eigenvalue weighted by atomic mass is 32.1. The van der Waals surface area contributed by atoms with E-state index in [2.05, 4.69) is 28.5 Å². The molecule has 1 unspecified atom stereocenters. The van der Waals surface area contributed by atoms with Crippen molar-refractivity contribution in [2.45, 2.75) is 6.04 Å². The lowest BCUT2D eigenvalue weighted by atomic mass is 10.1. The molecule has 5 nitrogen and oxygen atoms in total. The minimum absolute atomic E-state index is 0.107. The second-order valence-electron chi connectivity index (χ2n) is 6.18. The number of likely N-dealkylation sites (N-methyl/N-ethyl adjacent to an activating group) is 1. The molecule has 1 aromatic heterocycles. The van der Waals surface area contributed by atoms with E-state index < -0.39 is 0 Å². The third-order valence-electron chi connectivity index (χ3n) is 3.90. The van der Waals surface area contributed by atoms with Gasteiger partial charge < -0.3 is 15.3 Å². The number of hydrogen-bond donors (Lipinski definition) is 2. The first-order chi connectivity index (χ1) is 12.1. The smallest absolute Gasteiger partial charge is 0.271 e. The number of nitrogens with one attached hydrogen (secondary N) is 1. The molecule has 2 aromatic carbocycles. The number of carbonyl (C=O) groups is 1. The van der Waals surface area contributed by atoms with Crippen LogP contribution >= 0.6 is 11.3 Å². The molecule has 0 aliphatic rings. The molecule has 1 heterocycles. The van der Waals surface area contributed by atoms with Crippen LogP contribution in [0.4, 0.5) is 0 Å². The summed E-state index contributed by atoms with van der Waals surface area (Å²) in [5, 5.41) is 17.1. The van der Waals surface area contributed by atoms with Gasteiger partial charge in [0.05, 0.1) is 12.6 Å². The van der Waals surface area contributed by atoms with Gasteiger partial charge in [-0.05, 0) is 24.9 Å². The van der Waals surface area contributed by atoms with Gasteiger partial charge in [-0.1, -0.05) is 42.5 Å². The first kappa shape index (κ1) is 17.5. The van der Waals surface area contributed by atoms with E-state index in [1.165, 1.54) is 11.3 Å². The van der Waals surface area contributed by atoms with Crippen LogP contribution in [0.15, 0.2) is 47.8 Å². The van der Waals surface area contributed by atoms with Gasteiger partial charge in [-0.2, -0.15) is 0 Å². The van der Waals surface area contributed by atoms with Crippen molar-refractivity contribution in [1.82, 2.24) is 15.2 Å². The fourth-order valence-corrected chi connectivity index (χ4v) is 3.60. The van der Waals surface area contributed by atoms with Crippen LogP contribution in [0.25, 0.3) is 21.3 Å². The maximum atomic E-state index is 12.4. The fraction of sp³-hybridized carbons (Fsp3) is 0.263. The fourth-order valence-electron chi connectivity index (χ4n) is 2.76. The Kier molecular flexibility index (Phi) is 5.43. The molecule has 0 aliphatic heterocycles. The minimum atomic E-state index is -0.315. The standard InChI is InChI=1S/C19H21N3O2S/c1-22(2)10-14(11-23)20-18(24)17-12-25-19(21-17)16-9-5-7-13-6-3-4-8-15(13)16/h3-9,12,14,23H,10-11H2,1-2H3,(H,20,24). The molecule has 0 radical (unpaired) electrons. The average Bonchev–Trinajstić information content (AvgIpc) is 3.10. The Balaban J connectivity index is 1.83. The second-order valence-corrected chi connectivity index (χ2v) is 7.04. The van der Waals surface area contributed by atoms with Gasteiger partial charge in [0.1, 0.15) is 10.7 Å². The van der Waals surface area contributed by atoms with Crippen LogP contribution in [-0.4, -0.2) is 54.2 Å². The largest absolute Gasteiger partial charge is 0.394 e. The van der Waals surface area contributed by atoms with Crippen LogP contribution in [0.1, 0.15) is 10.5 Å². The third-order valence-corrected chi connectivity index (χ3v) is 4.77. The van der Waals surface area contributed by atoms with Crippen LogP contribution in [0.3, 0.4) is 0 Å². The molecule has 0 fully saturated rings. The van der Waals surface area contributed by atoms with Gasteiger partial charge in [-0.3, -0.25) is 4.79 Å². The SMILES string of the molecule is CN(C)CC(CO)NC(=O)c1csc(-c2cccc3ccccc23)n1. The number of fused-ring (bicyclic) bond motifs is 1. The maximum absolute atomic E-state index is 12.4. The van der Waals surface area contributed by atoms with Crippen LogP contribution in [0, 0.1) is 0 Å². The maximum Gasteiger partial charge on any atom is 0.271 e. The van der Waals surface area contributed by atoms with Crippen molar-refractivity contribution in [1.29, 1.82) is 0 Å². The zero-order chi connectivity index (χ0) is 17.8. The van der Waals surface area contributed by atoms with E-state index in [4.69, 9.17) is 0 Å². The number of hydrogen-bond acceptors (Lipinski definition) is 5. The number of aliphatic hydroxyl groups is 1. The molecular weight excluding hydrogens is 334 g/mol. The molecular formula is C19H21N3O2S. The zero-order valence-corrected chi connectivity index (χ0v) is 15.1. The Morgan fingerprint density at radius 3 is 2.76 bits per heavy atom. The summed E-state index contributed by atoms with van der Waals surface area (Å²) in [7, 11) is 3.80. The number of rotatable bonds is 6. The average molecular weight is 355 g/mol. The normalized spacial score (nSPS) is 12.5. The molecule has 130 valence electrons. The lowest BCUT2D eigenvalue weighted by molar-refractivity contribution is 0.0900. The van der Waals surface area contributed by atoms with Gasteiger partial charge >= 0.3 is 0 Å². The van der Waals surface area contributed by atoms with Crippen LogP contribution < -0.4 is 5.32 Å². The Bertz CT molecular complexity index is 870. The summed E-state index contributed by atoms with van der Waals surface area (Å²) in [4.78, 5) is 18.8. The molecule has 1 amide bonds. The molecule has 2 N–H and O–H groups in total. The first-order valence-corrected chi connectivity index (χ1v) is 8.96. The Labute approximate surface area is 150 Å². The van der Waals surface area contributed by atoms with E-state index in [9.17, 15) is 9.90 Å². The van der Waals surface area contributed by atoms with Gasteiger partial charge in [0, 0.05) is 17.5 Å². The summed E-state index contributed by atoms with van der Waals surface area (Å²) in [6, 6.07) is 13.9.